The van der Waals surface area contributed by atoms with E-state index >= 15 is 18.0 Å². The van der Waals surface area contributed by atoms with Gasteiger partial charge in [-0.2, -0.15) is 19.0 Å². The van der Waals surface area contributed by atoms with Gasteiger partial charge in [0.2, 0.25) is 15.9 Å². The van der Waals surface area contributed by atoms with Crippen molar-refractivity contribution in [2.24, 2.45) is 13.0 Å². The molecule has 0 bridgehead atoms. The van der Waals surface area contributed by atoms with Gasteiger partial charge >= 0.3 is 0 Å². The maximum atomic E-state index is 15.6. The molecule has 22 heteroatoms. The van der Waals surface area contributed by atoms with Crippen molar-refractivity contribution in [1.29, 1.82) is 0 Å². The number of aromatic nitrogens is 6. The van der Waals surface area contributed by atoms with E-state index in [-0.39, 0.29) is 67.5 Å². The van der Waals surface area contributed by atoms with Gasteiger partial charge in [-0.25, -0.2) is 35.4 Å². The van der Waals surface area contributed by atoms with Crippen LogP contribution in [0.15, 0.2) is 59.4 Å². The number of fused-ring (bicyclic) bond motifs is 6. The Kier molecular flexibility index (Phi) is 10.5. The second-order valence-electron chi connectivity index (χ2n) is 17.0. The van der Waals surface area contributed by atoms with Crippen LogP contribution in [-0.4, -0.2) is 56.3 Å². The van der Waals surface area contributed by atoms with Gasteiger partial charge in [0.1, 0.15) is 35.4 Å². The smallest absolute Gasteiger partial charge is 0.293 e. The van der Waals surface area contributed by atoms with E-state index in [1.807, 2.05) is 0 Å². The van der Waals surface area contributed by atoms with Gasteiger partial charge in [-0.15, -0.1) is 0 Å². The molecule has 1 amide bonds. The molecule has 4 heterocycles. The van der Waals surface area contributed by atoms with Crippen LogP contribution in [0.1, 0.15) is 70.7 Å². The molecule has 348 valence electrons. The lowest BCUT2D eigenvalue weighted by atomic mass is 9.92. The minimum Gasteiger partial charge on any atom is -0.490 e. The third-order valence-electron chi connectivity index (χ3n) is 12.6. The van der Waals surface area contributed by atoms with Crippen LogP contribution < -0.4 is 20.3 Å². The number of aryl methyl sites for hydroxylation is 1. The number of hydrogen-bond acceptors (Lipinski definition) is 8. The van der Waals surface area contributed by atoms with E-state index in [4.69, 9.17) is 21.3 Å². The summed E-state index contributed by atoms with van der Waals surface area (Å²) >= 11 is 6.66. The van der Waals surface area contributed by atoms with Crippen molar-refractivity contribution >= 4 is 55.2 Å². The lowest BCUT2D eigenvalue weighted by Crippen LogP contribution is -2.38. The van der Waals surface area contributed by atoms with E-state index < -0.39 is 93.5 Å². The molecule has 1 saturated carbocycles. The highest BCUT2D eigenvalue weighted by atomic mass is 35.5. The van der Waals surface area contributed by atoms with Crippen molar-refractivity contribution in [3.05, 3.63) is 127 Å². The fraction of sp³-hybridized carbons (Fsp3) is 0.311. The predicted molar refractivity (Wildman–Crippen MR) is 232 cm³/mol. The molecule has 10 rings (SSSR count). The first-order valence-electron chi connectivity index (χ1n) is 20.9. The summed E-state index contributed by atoms with van der Waals surface area (Å²) in [7, 11) is -2.50. The van der Waals surface area contributed by atoms with Crippen molar-refractivity contribution in [2.45, 2.75) is 63.5 Å². The van der Waals surface area contributed by atoms with E-state index in [9.17, 15) is 30.8 Å². The van der Waals surface area contributed by atoms with Gasteiger partial charge in [0.15, 0.2) is 17.4 Å². The summed E-state index contributed by atoms with van der Waals surface area (Å²) in [6.07, 6.45) is -1.66. The Hall–Kier alpha value is -6.48. The number of alkyl halides is 4. The maximum Gasteiger partial charge on any atom is 0.293 e. The first-order valence-corrected chi connectivity index (χ1v) is 23.1. The highest BCUT2D eigenvalue weighted by molar-refractivity contribution is 7.92. The third kappa shape index (κ3) is 7.55. The number of benzene rings is 4. The Morgan fingerprint density at radius 1 is 1.04 bits per heavy atom. The molecule has 3 aliphatic rings. The Bertz CT molecular complexity index is 3430. The van der Waals surface area contributed by atoms with Crippen molar-refractivity contribution in [2.75, 3.05) is 17.6 Å². The molecule has 2 aliphatic carbocycles. The van der Waals surface area contributed by atoms with Crippen LogP contribution in [0.5, 0.6) is 5.75 Å². The van der Waals surface area contributed by atoms with E-state index in [0.717, 1.165) is 23.0 Å². The molecule has 0 saturated heterocycles. The molecule has 0 radical (unpaired) electrons. The monoisotopic (exact) mass is 968 g/mol. The first kappa shape index (κ1) is 44.4. The lowest BCUT2D eigenvalue weighted by molar-refractivity contribution is -0.123. The molecular formula is C45H36ClF7N8O5S. The second-order valence-corrected chi connectivity index (χ2v) is 19.2. The van der Waals surface area contributed by atoms with Gasteiger partial charge in [0.25, 0.3) is 17.9 Å². The molecule has 7 aromatic rings. The fourth-order valence-corrected chi connectivity index (χ4v) is 10.4. The summed E-state index contributed by atoms with van der Waals surface area (Å²) in [6, 6.07) is 9.59. The molecule has 0 spiro atoms. The van der Waals surface area contributed by atoms with Crippen molar-refractivity contribution in [3.63, 3.8) is 0 Å². The van der Waals surface area contributed by atoms with Gasteiger partial charge < -0.3 is 10.1 Å². The van der Waals surface area contributed by atoms with Crippen LogP contribution in [0.3, 0.4) is 0 Å². The number of hydrogen-bond donors (Lipinski definition) is 2. The zero-order chi connectivity index (χ0) is 47.6. The number of ether oxygens (including phenoxy) is 1. The number of amides is 1. The van der Waals surface area contributed by atoms with Gasteiger partial charge in [-0.05, 0) is 96.8 Å². The van der Waals surface area contributed by atoms with Crippen molar-refractivity contribution < 1.29 is 48.7 Å². The molecule has 4 aromatic carbocycles. The van der Waals surface area contributed by atoms with Crippen molar-refractivity contribution in [3.8, 4) is 22.6 Å². The van der Waals surface area contributed by atoms with E-state index in [0.29, 0.717) is 52.5 Å². The normalized spacial score (nSPS) is 17.6. The highest BCUT2D eigenvalue weighted by Gasteiger charge is 2.67. The maximum absolute atomic E-state index is 15.6. The van der Waals surface area contributed by atoms with Gasteiger partial charge in [0.05, 0.1) is 51.4 Å². The lowest BCUT2D eigenvalue weighted by Gasteiger charge is -2.24. The minimum atomic E-state index is -3.94. The number of nitrogens with one attached hydrogen (secondary N) is 2. The van der Waals surface area contributed by atoms with Gasteiger partial charge in [0, 0.05) is 36.6 Å². The number of carbonyl (C=O) groups is 1. The van der Waals surface area contributed by atoms with Crippen LogP contribution in [-0.2, 0) is 47.2 Å². The summed E-state index contributed by atoms with van der Waals surface area (Å²) in [4.78, 5) is 34.4. The Balaban J connectivity index is 1.19. The minimum absolute atomic E-state index is 0.00665. The molecule has 1 aliphatic heterocycles. The molecule has 3 aromatic heterocycles. The average molecular weight is 969 g/mol. The molecular weight excluding hydrogens is 933 g/mol. The second kappa shape index (κ2) is 15.8. The van der Waals surface area contributed by atoms with Gasteiger partial charge in [-0.1, -0.05) is 17.7 Å². The highest BCUT2D eigenvalue weighted by Crippen LogP contribution is 2.68. The summed E-state index contributed by atoms with van der Waals surface area (Å²) in [5.41, 5.74) is -0.493. The molecule has 1 unspecified atom stereocenters. The zero-order valence-electron chi connectivity index (χ0n) is 35.4. The Morgan fingerprint density at radius 3 is 2.51 bits per heavy atom. The molecule has 3 atom stereocenters. The molecule has 67 heavy (non-hydrogen) atoms. The van der Waals surface area contributed by atoms with Crippen LogP contribution >= 0.6 is 11.6 Å². The number of sulfonamides is 1. The van der Waals surface area contributed by atoms with Crippen LogP contribution in [0.4, 0.5) is 36.6 Å². The number of nitrogens with zero attached hydrogens (tertiary/aromatic N) is 6. The number of anilines is 1. The molecule has 2 N–H and O–H groups in total. The number of halogens is 8. The fourth-order valence-electron chi connectivity index (χ4n) is 9.71. The summed E-state index contributed by atoms with van der Waals surface area (Å²) in [6.45, 7) is 1.14. The third-order valence-corrected chi connectivity index (χ3v) is 13.4. The van der Waals surface area contributed by atoms with Crippen LogP contribution in [0, 0.1) is 30.3 Å². The SMILES string of the molecule is Cc1c(-c2ccc3c(=O)n(-c4ccc(Cl)c5c(NS(C)(=O)=O)nn(C)c45)c([C@H](Cc4cc(F)cc(F)c4)NC(=O)Cn4nc(C(F)F)c5c4C(F)(F)[C@H]4CC54)nc3c2)cc(F)c2c1CCCO2. The number of rotatable bonds is 11. The van der Waals surface area contributed by atoms with Gasteiger partial charge in [-0.3, -0.25) is 28.2 Å². The Morgan fingerprint density at radius 2 is 1.79 bits per heavy atom. The summed E-state index contributed by atoms with van der Waals surface area (Å²) in [5, 5.41) is 10.8. The van der Waals surface area contributed by atoms with E-state index in [1.54, 1.807) is 13.0 Å². The standard InChI is InChI=1S/C45H36ClF7N8O5S/c1-19-24-5-4-10-66-39(24)30(49)17-26(19)21-6-7-25-31(14-21)55-43(61(44(25)63)33-9-8-29(46)36-38(33)59(2)57-42(36)58-67(3,64)65)32(13-20-11-22(47)15-23(48)12-20)54-34(62)18-60-40-35(37(56-60)41(50)51)27-16-28(27)45(40,52)53/h6-9,11-12,14-15,17,27-28,32,41H,4-5,10,13,16,18H2,1-3H3,(H,54,62)(H,57,58)/t27?,28-,32-/m0/s1. The summed E-state index contributed by atoms with van der Waals surface area (Å²) < 4.78 is 141. The average Bonchev–Trinajstić information content (AvgIpc) is 3.80. The van der Waals surface area contributed by atoms with Crippen LogP contribution in [0.25, 0.3) is 38.6 Å². The number of carbonyl (C=O) groups excluding carboxylic acids is 1. The van der Waals surface area contributed by atoms with Crippen LogP contribution in [0.2, 0.25) is 5.02 Å². The van der Waals surface area contributed by atoms with E-state index in [1.165, 1.54) is 42.1 Å². The summed E-state index contributed by atoms with van der Waals surface area (Å²) in [5.74, 6) is -9.70. The largest absolute Gasteiger partial charge is 0.490 e. The topological polar surface area (TPSA) is 155 Å². The first-order chi connectivity index (χ1) is 31.7. The predicted octanol–water partition coefficient (Wildman–Crippen LogP) is 8.46. The molecule has 13 nitrogen and oxygen atoms in total. The quantitative estimate of drug-likeness (QED) is 0.123. The van der Waals surface area contributed by atoms with Crippen molar-refractivity contribution in [1.82, 2.24) is 34.4 Å². The Labute approximate surface area is 380 Å². The van der Waals surface area contributed by atoms with E-state index in [2.05, 4.69) is 20.2 Å². The molecule has 1 fully saturated rings. The zero-order valence-corrected chi connectivity index (χ0v) is 37.0.